The van der Waals surface area contributed by atoms with Crippen molar-refractivity contribution in [3.63, 3.8) is 0 Å². The van der Waals surface area contributed by atoms with Crippen LogP contribution in [0.25, 0.3) is 0 Å². The summed E-state index contributed by atoms with van der Waals surface area (Å²) >= 11 is 1.90. The SMILES string of the molecule is CONC(=O)N(C)C1CCCSC1. The Morgan fingerprint density at radius 3 is 3.00 bits per heavy atom. The van der Waals surface area contributed by atoms with Crippen molar-refractivity contribution in [2.24, 2.45) is 0 Å². The van der Waals surface area contributed by atoms with E-state index < -0.39 is 0 Å². The zero-order valence-electron chi connectivity index (χ0n) is 8.08. The molecular weight excluding hydrogens is 188 g/mol. The van der Waals surface area contributed by atoms with Crippen LogP contribution in [0.4, 0.5) is 4.79 Å². The minimum atomic E-state index is -0.157. The van der Waals surface area contributed by atoms with Gasteiger partial charge in [0.2, 0.25) is 0 Å². The highest BCUT2D eigenvalue weighted by molar-refractivity contribution is 7.99. The number of urea groups is 1. The smallest absolute Gasteiger partial charge is 0.322 e. The second-order valence-corrected chi connectivity index (χ2v) is 4.24. The number of amides is 2. The van der Waals surface area contributed by atoms with Crippen molar-refractivity contribution in [2.45, 2.75) is 18.9 Å². The number of thioether (sulfide) groups is 1. The van der Waals surface area contributed by atoms with Crippen LogP contribution in [0.15, 0.2) is 0 Å². The maximum absolute atomic E-state index is 11.3. The third-order valence-corrected chi connectivity index (χ3v) is 3.39. The van der Waals surface area contributed by atoms with Gasteiger partial charge in [0.25, 0.3) is 0 Å². The van der Waals surface area contributed by atoms with Gasteiger partial charge in [-0.3, -0.25) is 4.84 Å². The van der Waals surface area contributed by atoms with E-state index in [9.17, 15) is 4.79 Å². The molecule has 1 aliphatic rings. The summed E-state index contributed by atoms with van der Waals surface area (Å²) in [6.45, 7) is 0. The summed E-state index contributed by atoms with van der Waals surface area (Å²) in [5, 5.41) is 0. The maximum Gasteiger partial charge on any atom is 0.341 e. The molecule has 76 valence electrons. The third-order valence-electron chi connectivity index (χ3n) is 2.19. The Labute approximate surface area is 82.9 Å². The largest absolute Gasteiger partial charge is 0.341 e. The molecule has 2 amide bonds. The molecule has 1 unspecified atom stereocenters. The number of rotatable bonds is 2. The summed E-state index contributed by atoms with van der Waals surface area (Å²) < 4.78 is 0. The summed E-state index contributed by atoms with van der Waals surface area (Å²) in [5.74, 6) is 2.25. The molecule has 1 fully saturated rings. The molecule has 4 nitrogen and oxygen atoms in total. The number of nitrogens with one attached hydrogen (secondary N) is 1. The van der Waals surface area contributed by atoms with Gasteiger partial charge in [-0.05, 0) is 18.6 Å². The molecule has 0 aromatic rings. The minimum absolute atomic E-state index is 0.157. The summed E-state index contributed by atoms with van der Waals surface area (Å²) in [4.78, 5) is 17.6. The van der Waals surface area contributed by atoms with Crippen LogP contribution in [-0.2, 0) is 4.84 Å². The molecule has 1 rings (SSSR count). The summed E-state index contributed by atoms with van der Waals surface area (Å²) in [5.41, 5.74) is 2.32. The van der Waals surface area contributed by atoms with E-state index in [4.69, 9.17) is 0 Å². The van der Waals surface area contributed by atoms with Crippen molar-refractivity contribution in [3.05, 3.63) is 0 Å². The van der Waals surface area contributed by atoms with Crippen LogP contribution in [0, 0.1) is 0 Å². The lowest BCUT2D eigenvalue weighted by Gasteiger charge is -2.30. The van der Waals surface area contributed by atoms with E-state index in [1.807, 2.05) is 18.8 Å². The Hall–Kier alpha value is -0.420. The van der Waals surface area contributed by atoms with Crippen molar-refractivity contribution < 1.29 is 9.63 Å². The second kappa shape index (κ2) is 5.34. The molecular formula is C8H16N2O2S. The van der Waals surface area contributed by atoms with Gasteiger partial charge in [0, 0.05) is 18.8 Å². The predicted octanol–water partition coefficient (Wildman–Crippen LogP) is 1.08. The molecule has 0 spiro atoms. The van der Waals surface area contributed by atoms with E-state index in [1.54, 1.807) is 4.90 Å². The van der Waals surface area contributed by atoms with Crippen molar-refractivity contribution in [2.75, 3.05) is 25.7 Å². The molecule has 1 heterocycles. The molecule has 1 N–H and O–H groups in total. The molecule has 0 saturated carbocycles. The Morgan fingerprint density at radius 1 is 1.69 bits per heavy atom. The monoisotopic (exact) mass is 204 g/mol. The highest BCUT2D eigenvalue weighted by Crippen LogP contribution is 2.20. The minimum Gasteiger partial charge on any atom is -0.322 e. The molecule has 1 atom stereocenters. The Kier molecular flexibility index (Phi) is 4.38. The quantitative estimate of drug-likeness (QED) is 0.684. The standard InChI is InChI=1S/C8H16N2O2S/c1-10(8(11)9-12-2)7-4-3-5-13-6-7/h7H,3-6H2,1-2H3,(H,9,11). The van der Waals surface area contributed by atoms with Crippen molar-refractivity contribution in [3.8, 4) is 0 Å². The molecule has 5 heteroatoms. The number of carbonyl (C=O) groups is 1. The molecule has 0 bridgehead atoms. The normalized spacial score (nSPS) is 22.5. The van der Waals surface area contributed by atoms with Crippen LogP contribution in [0.5, 0.6) is 0 Å². The summed E-state index contributed by atoms with van der Waals surface area (Å²) in [6.07, 6.45) is 2.29. The lowest BCUT2D eigenvalue weighted by atomic mass is 10.2. The highest BCUT2D eigenvalue weighted by Gasteiger charge is 2.21. The molecule has 13 heavy (non-hydrogen) atoms. The van der Waals surface area contributed by atoms with Gasteiger partial charge in [0.05, 0.1) is 7.11 Å². The topological polar surface area (TPSA) is 41.6 Å². The summed E-state index contributed by atoms with van der Waals surface area (Å²) in [7, 11) is 3.26. The fraction of sp³-hybridized carbons (Fsp3) is 0.875. The first-order valence-corrected chi connectivity index (χ1v) is 5.54. The fourth-order valence-electron chi connectivity index (χ4n) is 1.35. The van der Waals surface area contributed by atoms with Gasteiger partial charge in [0.1, 0.15) is 0 Å². The zero-order valence-corrected chi connectivity index (χ0v) is 8.89. The Balaban J connectivity index is 2.35. The lowest BCUT2D eigenvalue weighted by molar-refractivity contribution is 0.0847. The van der Waals surface area contributed by atoms with Crippen molar-refractivity contribution >= 4 is 17.8 Å². The van der Waals surface area contributed by atoms with Gasteiger partial charge in [-0.25, -0.2) is 10.3 Å². The van der Waals surface area contributed by atoms with E-state index >= 15 is 0 Å². The van der Waals surface area contributed by atoms with E-state index in [2.05, 4.69) is 10.3 Å². The highest BCUT2D eigenvalue weighted by atomic mass is 32.2. The first-order valence-electron chi connectivity index (χ1n) is 4.39. The van der Waals surface area contributed by atoms with Crippen LogP contribution < -0.4 is 5.48 Å². The van der Waals surface area contributed by atoms with Crippen LogP contribution in [-0.4, -0.2) is 42.6 Å². The van der Waals surface area contributed by atoms with E-state index in [1.165, 1.54) is 19.3 Å². The third kappa shape index (κ3) is 3.08. The Morgan fingerprint density at radius 2 is 2.46 bits per heavy atom. The van der Waals surface area contributed by atoms with Gasteiger partial charge < -0.3 is 4.90 Å². The average Bonchev–Trinajstić information content (AvgIpc) is 2.18. The number of nitrogens with zero attached hydrogens (tertiary/aromatic N) is 1. The summed E-state index contributed by atoms with van der Waals surface area (Å²) in [6, 6.07) is 0.198. The first-order chi connectivity index (χ1) is 6.25. The van der Waals surface area contributed by atoms with Crippen molar-refractivity contribution in [1.82, 2.24) is 10.4 Å². The van der Waals surface area contributed by atoms with Gasteiger partial charge in [0.15, 0.2) is 0 Å². The van der Waals surface area contributed by atoms with Gasteiger partial charge in [-0.2, -0.15) is 11.8 Å². The molecule has 0 aromatic carbocycles. The molecule has 0 aromatic heterocycles. The van der Waals surface area contributed by atoms with Crippen LogP contribution >= 0.6 is 11.8 Å². The van der Waals surface area contributed by atoms with Crippen LogP contribution in [0.3, 0.4) is 0 Å². The van der Waals surface area contributed by atoms with E-state index in [0.29, 0.717) is 6.04 Å². The maximum atomic E-state index is 11.3. The number of carbonyl (C=O) groups excluding carboxylic acids is 1. The second-order valence-electron chi connectivity index (χ2n) is 3.09. The van der Waals surface area contributed by atoms with Crippen LogP contribution in [0.2, 0.25) is 0 Å². The molecule has 0 aliphatic carbocycles. The first kappa shape index (κ1) is 10.7. The van der Waals surface area contributed by atoms with Gasteiger partial charge in [-0.15, -0.1) is 0 Å². The van der Waals surface area contributed by atoms with Crippen LogP contribution in [0.1, 0.15) is 12.8 Å². The predicted molar refractivity (Wildman–Crippen MR) is 53.7 cm³/mol. The average molecular weight is 204 g/mol. The Bertz CT molecular complexity index is 172. The number of hydroxylamine groups is 1. The molecule has 1 aliphatic heterocycles. The van der Waals surface area contributed by atoms with E-state index in [-0.39, 0.29) is 6.03 Å². The molecule has 1 saturated heterocycles. The number of hydrogen-bond acceptors (Lipinski definition) is 3. The fourth-order valence-corrected chi connectivity index (χ4v) is 2.55. The van der Waals surface area contributed by atoms with Gasteiger partial charge >= 0.3 is 6.03 Å². The van der Waals surface area contributed by atoms with E-state index in [0.717, 1.165) is 12.2 Å². The lowest BCUT2D eigenvalue weighted by Crippen LogP contribution is -2.45. The van der Waals surface area contributed by atoms with Gasteiger partial charge in [-0.1, -0.05) is 0 Å². The molecule has 0 radical (unpaired) electrons. The zero-order chi connectivity index (χ0) is 9.68. The number of hydrogen-bond donors (Lipinski definition) is 1. The van der Waals surface area contributed by atoms with Crippen molar-refractivity contribution in [1.29, 1.82) is 0 Å².